The van der Waals surface area contributed by atoms with Crippen LogP contribution in [0, 0.1) is 0 Å². The van der Waals surface area contributed by atoms with Gasteiger partial charge in [0, 0.05) is 24.1 Å². The van der Waals surface area contributed by atoms with Gasteiger partial charge >= 0.3 is 5.97 Å². The first-order valence-corrected chi connectivity index (χ1v) is 9.54. The van der Waals surface area contributed by atoms with E-state index in [1.807, 2.05) is 0 Å². The summed E-state index contributed by atoms with van der Waals surface area (Å²) in [6.07, 6.45) is -0.377. The molecule has 0 aromatic heterocycles. The minimum absolute atomic E-state index is 0.105. The maximum absolute atomic E-state index is 12.8. The second-order valence-electron chi connectivity index (χ2n) is 6.36. The summed E-state index contributed by atoms with van der Waals surface area (Å²) in [5.74, 6) is -0.845. The van der Waals surface area contributed by atoms with E-state index in [1.54, 1.807) is 20.8 Å². The molecule has 0 radical (unpaired) electrons. The predicted molar refractivity (Wildman–Crippen MR) is 94.7 cm³/mol. The van der Waals surface area contributed by atoms with Crippen molar-refractivity contribution in [2.75, 3.05) is 13.7 Å². The van der Waals surface area contributed by atoms with Crippen molar-refractivity contribution in [2.24, 2.45) is 0 Å². The largest absolute Gasteiger partial charge is 0.487 e. The summed E-state index contributed by atoms with van der Waals surface area (Å²) in [4.78, 5) is 10.6. The van der Waals surface area contributed by atoms with Crippen LogP contribution in [0.15, 0.2) is 23.1 Å². The van der Waals surface area contributed by atoms with Gasteiger partial charge in [-0.1, -0.05) is 11.6 Å². The van der Waals surface area contributed by atoms with Crippen molar-refractivity contribution < 1.29 is 27.8 Å². The topological polar surface area (TPSA) is 102 Å². The number of halogens is 1. The Balaban J connectivity index is 3.11. The van der Waals surface area contributed by atoms with Gasteiger partial charge in [-0.25, -0.2) is 13.1 Å². The molecule has 9 heteroatoms. The van der Waals surface area contributed by atoms with E-state index in [0.717, 1.165) is 0 Å². The van der Waals surface area contributed by atoms with Gasteiger partial charge in [-0.15, -0.1) is 0 Å². The number of aliphatic carboxylic acids is 1. The fraction of sp³-hybridized carbons (Fsp3) is 0.562. The van der Waals surface area contributed by atoms with Crippen LogP contribution in [0.1, 0.15) is 33.6 Å². The number of methoxy groups -OCH3 is 1. The number of carbonyl (C=O) groups is 1. The molecule has 1 aromatic carbocycles. The summed E-state index contributed by atoms with van der Waals surface area (Å²) >= 11 is 5.94. The van der Waals surface area contributed by atoms with Gasteiger partial charge in [0.2, 0.25) is 10.0 Å². The highest BCUT2D eigenvalue weighted by Gasteiger charge is 2.29. The van der Waals surface area contributed by atoms with E-state index >= 15 is 0 Å². The molecule has 0 aliphatic rings. The lowest BCUT2D eigenvalue weighted by Gasteiger charge is -2.26. The first-order valence-electron chi connectivity index (χ1n) is 7.68. The van der Waals surface area contributed by atoms with E-state index < -0.39 is 21.5 Å². The fourth-order valence-electron chi connectivity index (χ4n) is 2.16. The molecule has 1 unspecified atom stereocenters. The van der Waals surface area contributed by atoms with Crippen molar-refractivity contribution in [3.63, 3.8) is 0 Å². The number of sulfonamides is 1. The highest BCUT2D eigenvalue weighted by atomic mass is 35.5. The van der Waals surface area contributed by atoms with Gasteiger partial charge in [0.05, 0.1) is 6.61 Å². The van der Waals surface area contributed by atoms with Crippen molar-refractivity contribution in [2.45, 2.75) is 50.2 Å². The standard InChI is InChI=1S/C16H24ClNO6S/c1-11(10-23-4)24-13-6-5-12(17)9-14(13)25(21,22)18-16(2,3)8-7-15(19)20/h5-6,9,11,18H,7-8,10H2,1-4H3,(H,19,20). The van der Waals surface area contributed by atoms with Crippen LogP contribution in [0.3, 0.4) is 0 Å². The number of carboxylic acid groups (broad SMARTS) is 1. The van der Waals surface area contributed by atoms with Gasteiger partial charge in [0.25, 0.3) is 0 Å². The van der Waals surface area contributed by atoms with Crippen molar-refractivity contribution in [3.05, 3.63) is 23.2 Å². The van der Waals surface area contributed by atoms with Gasteiger partial charge < -0.3 is 14.6 Å². The number of hydrogen-bond acceptors (Lipinski definition) is 5. The van der Waals surface area contributed by atoms with Crippen molar-refractivity contribution in [1.29, 1.82) is 0 Å². The highest BCUT2D eigenvalue weighted by molar-refractivity contribution is 7.89. The zero-order chi connectivity index (χ0) is 19.3. The number of nitrogens with one attached hydrogen (secondary N) is 1. The van der Waals surface area contributed by atoms with Crippen LogP contribution in [-0.4, -0.2) is 44.9 Å². The zero-order valence-electron chi connectivity index (χ0n) is 14.7. The van der Waals surface area contributed by atoms with Crippen molar-refractivity contribution in [1.82, 2.24) is 4.72 Å². The Morgan fingerprint density at radius 2 is 2.04 bits per heavy atom. The molecule has 1 atom stereocenters. The summed E-state index contributed by atoms with van der Waals surface area (Å²) in [6.45, 7) is 5.27. The third-order valence-electron chi connectivity index (χ3n) is 3.30. The van der Waals surface area contributed by atoms with Gasteiger partial charge in [0.1, 0.15) is 16.7 Å². The third-order valence-corrected chi connectivity index (χ3v) is 5.25. The first kappa shape index (κ1) is 21.7. The van der Waals surface area contributed by atoms with Crippen LogP contribution in [0.5, 0.6) is 5.75 Å². The molecule has 1 aromatic rings. The van der Waals surface area contributed by atoms with Crippen LogP contribution >= 0.6 is 11.6 Å². The molecule has 0 aliphatic carbocycles. The van der Waals surface area contributed by atoms with Crippen molar-refractivity contribution >= 4 is 27.6 Å². The maximum atomic E-state index is 12.8. The molecule has 0 spiro atoms. The third kappa shape index (κ3) is 7.19. The molecule has 142 valence electrons. The molecule has 0 fully saturated rings. The Hall–Kier alpha value is -1.35. The molecule has 0 saturated heterocycles. The van der Waals surface area contributed by atoms with Crippen LogP contribution in [0.2, 0.25) is 5.02 Å². The van der Waals surface area contributed by atoms with Crippen LogP contribution in [0.25, 0.3) is 0 Å². The molecule has 0 bridgehead atoms. The van der Waals surface area contributed by atoms with Crippen molar-refractivity contribution in [3.8, 4) is 5.75 Å². The monoisotopic (exact) mass is 393 g/mol. The number of carboxylic acids is 1. The molecule has 0 aliphatic heterocycles. The first-order chi connectivity index (χ1) is 11.5. The Labute approximate surface area is 153 Å². The number of benzene rings is 1. The second-order valence-corrected chi connectivity index (χ2v) is 8.45. The number of rotatable bonds is 10. The average Bonchev–Trinajstić information content (AvgIpc) is 2.46. The second kappa shape index (κ2) is 8.84. The molecule has 0 heterocycles. The van der Waals surface area contributed by atoms with E-state index in [0.29, 0.717) is 6.61 Å². The normalized spacial score (nSPS) is 13.5. The summed E-state index contributed by atoms with van der Waals surface area (Å²) < 4.78 is 38.7. The summed E-state index contributed by atoms with van der Waals surface area (Å²) in [7, 11) is -2.45. The lowest BCUT2D eigenvalue weighted by Crippen LogP contribution is -2.43. The minimum Gasteiger partial charge on any atom is -0.487 e. The maximum Gasteiger partial charge on any atom is 0.303 e. The predicted octanol–water partition coefficient (Wildman–Crippen LogP) is 2.68. The Morgan fingerprint density at radius 3 is 2.60 bits per heavy atom. The molecule has 1 rings (SSSR count). The molecule has 25 heavy (non-hydrogen) atoms. The number of hydrogen-bond donors (Lipinski definition) is 2. The summed E-state index contributed by atoms with van der Waals surface area (Å²) in [6, 6.07) is 4.31. The van der Waals surface area contributed by atoms with Crippen LogP contribution < -0.4 is 9.46 Å². The fourth-order valence-corrected chi connectivity index (χ4v) is 4.00. The highest BCUT2D eigenvalue weighted by Crippen LogP contribution is 2.29. The molecule has 0 saturated carbocycles. The molecule has 2 N–H and O–H groups in total. The zero-order valence-corrected chi connectivity index (χ0v) is 16.3. The van der Waals surface area contributed by atoms with E-state index in [1.165, 1.54) is 25.3 Å². The van der Waals surface area contributed by atoms with Gasteiger partial charge in [-0.3, -0.25) is 4.79 Å². The molecule has 7 nitrogen and oxygen atoms in total. The molecular formula is C16H24ClNO6S. The Kier molecular flexibility index (Phi) is 7.67. The molecule has 0 amide bonds. The van der Waals surface area contributed by atoms with E-state index in [9.17, 15) is 13.2 Å². The summed E-state index contributed by atoms with van der Waals surface area (Å²) in [5.41, 5.74) is -0.949. The van der Waals surface area contributed by atoms with Gasteiger partial charge in [0.15, 0.2) is 0 Å². The van der Waals surface area contributed by atoms with E-state index in [-0.39, 0.29) is 34.6 Å². The minimum atomic E-state index is -3.97. The summed E-state index contributed by atoms with van der Waals surface area (Å²) in [5, 5.41) is 9.04. The van der Waals surface area contributed by atoms with Crippen LogP contribution in [-0.2, 0) is 19.6 Å². The Bertz CT molecular complexity index is 705. The number of ether oxygens (including phenoxy) is 2. The smallest absolute Gasteiger partial charge is 0.303 e. The van der Waals surface area contributed by atoms with E-state index in [2.05, 4.69) is 4.72 Å². The van der Waals surface area contributed by atoms with Gasteiger partial charge in [-0.05, 0) is 45.4 Å². The Morgan fingerprint density at radius 1 is 1.40 bits per heavy atom. The quantitative estimate of drug-likeness (QED) is 0.633. The van der Waals surface area contributed by atoms with Crippen LogP contribution in [0.4, 0.5) is 0 Å². The van der Waals surface area contributed by atoms with E-state index in [4.69, 9.17) is 26.2 Å². The SMILES string of the molecule is COCC(C)Oc1ccc(Cl)cc1S(=O)(=O)NC(C)(C)CCC(=O)O. The van der Waals surface area contributed by atoms with Gasteiger partial charge in [-0.2, -0.15) is 0 Å². The lowest BCUT2D eigenvalue weighted by molar-refractivity contribution is -0.137. The molecular weight excluding hydrogens is 370 g/mol. The average molecular weight is 394 g/mol. The lowest BCUT2D eigenvalue weighted by atomic mass is 10.0.